The van der Waals surface area contributed by atoms with Crippen LogP contribution < -0.4 is 5.32 Å². The van der Waals surface area contributed by atoms with Crippen molar-refractivity contribution in [3.05, 3.63) is 96.8 Å². The first-order valence-corrected chi connectivity index (χ1v) is 12.8. The molecule has 0 radical (unpaired) electrons. The quantitative estimate of drug-likeness (QED) is 0.189. The molecule has 11 nitrogen and oxygen atoms in total. The summed E-state index contributed by atoms with van der Waals surface area (Å²) in [6.07, 6.45) is 11.5. The van der Waals surface area contributed by atoms with Crippen molar-refractivity contribution in [2.45, 2.75) is 31.2 Å². The van der Waals surface area contributed by atoms with E-state index < -0.39 is 18.3 Å². The molecular weight excluding hydrogens is 587 g/mol. The maximum atomic E-state index is 9.20. The normalized spacial score (nSPS) is 13.8. The third-order valence-electron chi connectivity index (χ3n) is 5.58. The molecule has 42 heavy (non-hydrogen) atoms. The van der Waals surface area contributed by atoms with Gasteiger partial charge in [-0.15, -0.1) is 24.8 Å². The average Bonchev–Trinajstić information content (AvgIpc) is 3.07. The SMILES string of the molecule is C=Cc1ccncc1.CO.Cl.Cl.OCC(O)C1CCNCC1.OCC(O)c1ccncc1.OCC(O)c1ccncc1. The Hall–Kier alpha value is -2.55. The van der Waals surface area contributed by atoms with Gasteiger partial charge in [0, 0.05) is 44.3 Å². The first kappa shape index (κ1) is 43.9. The molecule has 1 fully saturated rings. The number of nitrogens with zero attached hydrogens (tertiary/aromatic N) is 3. The Kier molecular flexibility index (Phi) is 31.3. The Morgan fingerprint density at radius 1 is 0.714 bits per heavy atom. The van der Waals surface area contributed by atoms with Crippen molar-refractivity contribution in [3.8, 4) is 0 Å². The highest BCUT2D eigenvalue weighted by atomic mass is 35.5. The van der Waals surface area contributed by atoms with Crippen molar-refractivity contribution in [2.75, 3.05) is 40.0 Å². The summed E-state index contributed by atoms with van der Waals surface area (Å²) in [5, 5.41) is 63.2. The molecule has 3 aromatic heterocycles. The molecule has 4 rings (SSSR count). The van der Waals surface area contributed by atoms with Crippen LogP contribution >= 0.6 is 24.8 Å². The summed E-state index contributed by atoms with van der Waals surface area (Å²) in [6.45, 7) is 4.97. The van der Waals surface area contributed by atoms with Gasteiger partial charge in [0.15, 0.2) is 0 Å². The van der Waals surface area contributed by atoms with E-state index in [1.165, 1.54) is 0 Å². The number of aliphatic hydroxyl groups is 7. The second-order valence-corrected chi connectivity index (χ2v) is 8.28. The van der Waals surface area contributed by atoms with E-state index in [0.29, 0.717) is 17.0 Å². The molecule has 0 saturated carbocycles. The van der Waals surface area contributed by atoms with Crippen molar-refractivity contribution < 1.29 is 35.7 Å². The average molecular weight is 634 g/mol. The first-order chi connectivity index (χ1) is 19.5. The number of aromatic nitrogens is 3. The molecule has 4 heterocycles. The van der Waals surface area contributed by atoms with E-state index in [1.54, 1.807) is 67.5 Å². The number of piperidine rings is 1. The van der Waals surface area contributed by atoms with Gasteiger partial charge in [-0.2, -0.15) is 0 Å². The first-order valence-electron chi connectivity index (χ1n) is 12.8. The van der Waals surface area contributed by atoms with E-state index in [-0.39, 0.29) is 44.6 Å². The van der Waals surface area contributed by atoms with Crippen LogP contribution in [0.15, 0.2) is 80.2 Å². The molecule has 0 spiro atoms. The van der Waals surface area contributed by atoms with Gasteiger partial charge in [0.1, 0.15) is 12.2 Å². The Morgan fingerprint density at radius 2 is 1.07 bits per heavy atom. The van der Waals surface area contributed by atoms with Crippen molar-refractivity contribution in [2.24, 2.45) is 5.92 Å². The predicted molar refractivity (Wildman–Crippen MR) is 168 cm³/mol. The summed E-state index contributed by atoms with van der Waals surface area (Å²) in [7, 11) is 1.00. The molecule has 3 aromatic rings. The summed E-state index contributed by atoms with van der Waals surface area (Å²) in [6, 6.07) is 10.5. The molecule has 0 aliphatic carbocycles. The third-order valence-corrected chi connectivity index (χ3v) is 5.58. The van der Waals surface area contributed by atoms with E-state index in [1.807, 2.05) is 12.1 Å². The molecule has 0 bridgehead atoms. The Balaban J connectivity index is -0.000000467. The highest BCUT2D eigenvalue weighted by Crippen LogP contribution is 2.15. The monoisotopic (exact) mass is 632 g/mol. The molecule has 0 aromatic carbocycles. The fourth-order valence-electron chi connectivity index (χ4n) is 3.26. The van der Waals surface area contributed by atoms with Gasteiger partial charge in [-0.1, -0.05) is 12.7 Å². The summed E-state index contributed by atoms with van der Waals surface area (Å²) >= 11 is 0. The maximum Gasteiger partial charge on any atom is 0.102 e. The third kappa shape index (κ3) is 20.3. The molecular formula is C29H46Cl2N4O7. The van der Waals surface area contributed by atoms with E-state index in [2.05, 4.69) is 26.8 Å². The van der Waals surface area contributed by atoms with Gasteiger partial charge < -0.3 is 41.1 Å². The maximum absolute atomic E-state index is 9.20. The zero-order valence-electron chi connectivity index (χ0n) is 23.8. The molecule has 13 heteroatoms. The van der Waals surface area contributed by atoms with E-state index in [4.69, 9.17) is 30.6 Å². The summed E-state index contributed by atoms with van der Waals surface area (Å²) in [5.74, 6) is 0.311. The number of nitrogens with one attached hydrogen (secondary N) is 1. The molecule has 3 unspecified atom stereocenters. The zero-order valence-corrected chi connectivity index (χ0v) is 25.4. The predicted octanol–water partition coefficient (Wildman–Crippen LogP) is 1.73. The standard InChI is InChI=1S/C7H15NO2.2C7H9NO2.C7H7N.CH4O.2ClH/c3*9-5-7(10)6-1-3-8-4-2-6;1-2-7-3-5-8-6-4-7;1-2;;/h6-10H,1-5H2;2*1-4,7,9-10H,5H2;2-6H,1H2;2H,1H3;2*1H. The molecule has 1 saturated heterocycles. The number of halogens is 2. The Labute approximate surface area is 260 Å². The molecule has 3 atom stereocenters. The summed E-state index contributed by atoms with van der Waals surface area (Å²) in [4.78, 5) is 11.4. The lowest BCUT2D eigenvalue weighted by atomic mass is 9.93. The lowest BCUT2D eigenvalue weighted by Gasteiger charge is -2.25. The van der Waals surface area contributed by atoms with Crippen LogP contribution in [-0.4, -0.2) is 96.8 Å². The van der Waals surface area contributed by atoms with Crippen molar-refractivity contribution in [1.29, 1.82) is 0 Å². The zero-order chi connectivity index (χ0) is 30.0. The van der Waals surface area contributed by atoms with Gasteiger partial charge in [-0.3, -0.25) is 15.0 Å². The number of rotatable bonds is 7. The highest BCUT2D eigenvalue weighted by Gasteiger charge is 2.20. The van der Waals surface area contributed by atoms with Gasteiger partial charge in [0.25, 0.3) is 0 Å². The lowest BCUT2D eigenvalue weighted by Crippen LogP contribution is -2.35. The second kappa shape index (κ2) is 29.9. The number of pyridine rings is 3. The number of hydrogen-bond acceptors (Lipinski definition) is 11. The molecule has 8 N–H and O–H groups in total. The second-order valence-electron chi connectivity index (χ2n) is 8.28. The minimum absolute atomic E-state index is 0. The van der Waals surface area contributed by atoms with Crippen LogP contribution in [0.3, 0.4) is 0 Å². The Bertz CT molecular complexity index is 916. The van der Waals surface area contributed by atoms with Gasteiger partial charge >= 0.3 is 0 Å². The topological polar surface area (TPSA) is 192 Å². The van der Waals surface area contributed by atoms with Crippen LogP contribution in [0.4, 0.5) is 0 Å². The van der Waals surface area contributed by atoms with Crippen molar-refractivity contribution >= 4 is 30.9 Å². The molecule has 1 aliphatic rings. The Morgan fingerprint density at radius 3 is 1.36 bits per heavy atom. The minimum atomic E-state index is -0.775. The fourth-order valence-corrected chi connectivity index (χ4v) is 3.26. The highest BCUT2D eigenvalue weighted by molar-refractivity contribution is 5.85. The van der Waals surface area contributed by atoms with Gasteiger partial charge in [-0.05, 0) is 84.9 Å². The van der Waals surface area contributed by atoms with Crippen LogP contribution in [0.1, 0.15) is 41.7 Å². The van der Waals surface area contributed by atoms with Gasteiger partial charge in [-0.25, -0.2) is 0 Å². The lowest BCUT2D eigenvalue weighted by molar-refractivity contribution is 0.0352. The van der Waals surface area contributed by atoms with Crippen LogP contribution in [0.5, 0.6) is 0 Å². The molecule has 1 aliphatic heterocycles. The molecule has 0 amide bonds. The van der Waals surface area contributed by atoms with Gasteiger partial charge in [0.05, 0.1) is 25.9 Å². The van der Waals surface area contributed by atoms with E-state index in [9.17, 15) is 5.11 Å². The van der Waals surface area contributed by atoms with Crippen LogP contribution in [0.2, 0.25) is 0 Å². The van der Waals surface area contributed by atoms with Crippen molar-refractivity contribution in [3.63, 3.8) is 0 Å². The van der Waals surface area contributed by atoms with E-state index in [0.717, 1.165) is 38.6 Å². The van der Waals surface area contributed by atoms with Crippen molar-refractivity contribution in [1.82, 2.24) is 20.3 Å². The summed E-state index contributed by atoms with van der Waals surface area (Å²) < 4.78 is 0. The number of aliphatic hydroxyl groups excluding tert-OH is 7. The van der Waals surface area contributed by atoms with Crippen LogP contribution in [0.25, 0.3) is 6.08 Å². The minimum Gasteiger partial charge on any atom is -0.400 e. The van der Waals surface area contributed by atoms with Gasteiger partial charge in [0.2, 0.25) is 0 Å². The largest absolute Gasteiger partial charge is 0.400 e. The molecule has 238 valence electrons. The summed E-state index contributed by atoms with van der Waals surface area (Å²) in [5.41, 5.74) is 2.50. The number of hydrogen-bond donors (Lipinski definition) is 8. The van der Waals surface area contributed by atoms with Crippen LogP contribution in [-0.2, 0) is 0 Å². The fraction of sp³-hybridized carbons (Fsp3) is 0.414. The van der Waals surface area contributed by atoms with E-state index >= 15 is 0 Å². The van der Waals surface area contributed by atoms with Crippen LogP contribution in [0, 0.1) is 5.92 Å². The smallest absolute Gasteiger partial charge is 0.102 e.